The summed E-state index contributed by atoms with van der Waals surface area (Å²) in [7, 11) is 1.53. The summed E-state index contributed by atoms with van der Waals surface area (Å²) in [5.74, 6) is -0.715. The van der Waals surface area contributed by atoms with Gasteiger partial charge in [0.1, 0.15) is 6.17 Å². The Labute approximate surface area is 219 Å². The van der Waals surface area contributed by atoms with Crippen molar-refractivity contribution in [3.8, 4) is 0 Å². The number of carbonyl (C=O) groups excluding carboxylic acids is 1. The monoisotopic (exact) mass is 525 g/mol. The third kappa shape index (κ3) is 7.65. The molecule has 0 saturated heterocycles. The zero-order valence-corrected chi connectivity index (χ0v) is 21.1. The Balaban J connectivity index is 1.90. The zero-order valence-electron chi connectivity index (χ0n) is 20.4. The van der Waals surface area contributed by atoms with Crippen LogP contribution in [0, 0.1) is 16.2 Å². The van der Waals surface area contributed by atoms with Crippen molar-refractivity contribution in [1.29, 1.82) is 5.41 Å². The highest BCUT2D eigenvalue weighted by molar-refractivity contribution is 6.36. The number of ether oxygens (including phenoxy) is 1. The summed E-state index contributed by atoms with van der Waals surface area (Å²) in [5, 5.41) is 14.8. The van der Waals surface area contributed by atoms with Crippen molar-refractivity contribution < 1.29 is 13.9 Å². The summed E-state index contributed by atoms with van der Waals surface area (Å²) in [6, 6.07) is 9.56. The first kappa shape index (κ1) is 27.9. The van der Waals surface area contributed by atoms with Crippen molar-refractivity contribution in [2.75, 3.05) is 20.3 Å². The highest BCUT2D eigenvalue weighted by Crippen LogP contribution is 2.26. The SMILES string of the molecule is COCC(CN=O)CC(NC(=O)c1cccc(Cl)c1C(=N)/C=C(\N)C1=CCC(F)C=C1)c1ccccn1. The lowest BCUT2D eigenvalue weighted by Gasteiger charge is -2.23. The van der Waals surface area contributed by atoms with Gasteiger partial charge < -0.3 is 21.2 Å². The van der Waals surface area contributed by atoms with E-state index < -0.39 is 18.1 Å². The minimum Gasteiger partial charge on any atom is -0.398 e. The fourth-order valence-electron chi connectivity index (χ4n) is 4.05. The number of nitrogens with one attached hydrogen (secondary N) is 2. The fraction of sp³-hybridized carbons (Fsp3) is 0.296. The topological polar surface area (TPSA) is 131 Å². The van der Waals surface area contributed by atoms with Crippen molar-refractivity contribution in [2.24, 2.45) is 16.8 Å². The summed E-state index contributed by atoms with van der Waals surface area (Å²) < 4.78 is 18.6. The Kier molecular flexibility index (Phi) is 10.2. The molecule has 0 aliphatic heterocycles. The maximum Gasteiger partial charge on any atom is 0.252 e. The molecule has 4 N–H and O–H groups in total. The van der Waals surface area contributed by atoms with Crippen molar-refractivity contribution in [3.63, 3.8) is 0 Å². The van der Waals surface area contributed by atoms with Crippen LogP contribution in [0.4, 0.5) is 4.39 Å². The molecule has 3 atom stereocenters. The van der Waals surface area contributed by atoms with Gasteiger partial charge in [0.25, 0.3) is 5.91 Å². The summed E-state index contributed by atoms with van der Waals surface area (Å²) in [6.07, 6.45) is 7.14. The number of hydrogen-bond acceptors (Lipinski definition) is 7. The molecule has 8 nitrogen and oxygen atoms in total. The standard InChI is InChI=1S/C27H29ClFN5O3/c1-37-16-17(15-33-36)13-25(24-7-2-3-12-32-24)34-27(35)20-5-4-6-21(28)26(20)23(31)14-22(30)18-8-10-19(29)11-9-18/h2-10,12,14,17,19,25,31H,11,13,15-16,30H2,1H3,(H,34,35)/b22-14-,31-23?. The molecular weight excluding hydrogens is 497 g/mol. The van der Waals surface area contributed by atoms with Gasteiger partial charge in [-0.1, -0.05) is 41.1 Å². The number of methoxy groups -OCH3 is 1. The quantitative estimate of drug-likeness (QED) is 0.263. The first-order valence-electron chi connectivity index (χ1n) is 11.7. The summed E-state index contributed by atoms with van der Waals surface area (Å²) in [5.41, 5.74) is 7.93. The molecule has 3 rings (SSSR count). The number of hydrogen-bond donors (Lipinski definition) is 3. The third-order valence-corrected chi connectivity index (χ3v) is 6.18. The summed E-state index contributed by atoms with van der Waals surface area (Å²) in [4.78, 5) is 28.8. The van der Waals surface area contributed by atoms with Crippen LogP contribution >= 0.6 is 11.6 Å². The van der Waals surface area contributed by atoms with Gasteiger partial charge in [0.15, 0.2) is 0 Å². The molecule has 1 aliphatic carbocycles. The number of halogens is 2. The normalized spacial score (nSPS) is 17.0. The van der Waals surface area contributed by atoms with Crippen molar-refractivity contribution in [3.05, 3.63) is 105 Å². The number of aromatic nitrogens is 1. The molecular formula is C27H29ClFN5O3. The van der Waals surface area contributed by atoms with E-state index >= 15 is 0 Å². The number of benzene rings is 1. The van der Waals surface area contributed by atoms with Crippen molar-refractivity contribution in [2.45, 2.75) is 25.1 Å². The molecule has 1 aromatic heterocycles. The van der Waals surface area contributed by atoms with E-state index in [1.54, 1.807) is 54.7 Å². The van der Waals surface area contributed by atoms with Gasteiger partial charge >= 0.3 is 0 Å². The molecule has 0 fully saturated rings. The molecule has 10 heteroatoms. The predicted octanol–water partition coefficient (Wildman–Crippen LogP) is 5.06. The van der Waals surface area contributed by atoms with Crippen molar-refractivity contribution >= 4 is 23.2 Å². The average Bonchev–Trinajstić information content (AvgIpc) is 2.89. The number of alkyl halides is 1. The molecule has 3 unspecified atom stereocenters. The van der Waals surface area contributed by atoms with Gasteiger partial charge in [-0.25, -0.2) is 4.39 Å². The van der Waals surface area contributed by atoms with E-state index in [1.165, 1.54) is 19.3 Å². The van der Waals surface area contributed by atoms with Gasteiger partial charge in [-0.2, -0.15) is 4.91 Å². The van der Waals surface area contributed by atoms with Gasteiger partial charge in [0.05, 0.1) is 41.2 Å². The van der Waals surface area contributed by atoms with E-state index in [2.05, 4.69) is 15.5 Å². The second-order valence-electron chi connectivity index (χ2n) is 8.60. The van der Waals surface area contributed by atoms with Gasteiger partial charge in [0, 0.05) is 36.9 Å². The number of allylic oxidation sites excluding steroid dienone is 4. The number of amides is 1. The highest BCUT2D eigenvalue weighted by Gasteiger charge is 2.25. The maximum absolute atomic E-state index is 13.5. The molecule has 1 aliphatic rings. The molecule has 1 amide bonds. The fourth-order valence-corrected chi connectivity index (χ4v) is 4.32. The van der Waals surface area contributed by atoms with Crippen LogP contribution in [0.2, 0.25) is 5.02 Å². The lowest BCUT2D eigenvalue weighted by molar-refractivity contribution is 0.0917. The molecule has 0 saturated carbocycles. The Bertz CT molecular complexity index is 1220. The first-order chi connectivity index (χ1) is 17.8. The molecule has 194 valence electrons. The average molecular weight is 526 g/mol. The van der Waals surface area contributed by atoms with E-state index in [9.17, 15) is 14.1 Å². The van der Waals surface area contributed by atoms with Gasteiger partial charge in [-0.3, -0.25) is 9.78 Å². The molecule has 37 heavy (non-hydrogen) atoms. The molecule has 0 radical (unpaired) electrons. The van der Waals surface area contributed by atoms with Crippen LogP contribution in [0.5, 0.6) is 0 Å². The van der Waals surface area contributed by atoms with Crippen LogP contribution in [0.1, 0.15) is 40.5 Å². The summed E-state index contributed by atoms with van der Waals surface area (Å²) >= 11 is 6.43. The van der Waals surface area contributed by atoms with Crippen LogP contribution in [0.3, 0.4) is 0 Å². The summed E-state index contributed by atoms with van der Waals surface area (Å²) in [6.45, 7) is 0.313. The molecule has 1 heterocycles. The number of nitroso groups, excluding NO2 is 1. The van der Waals surface area contributed by atoms with Gasteiger partial charge in [0.2, 0.25) is 0 Å². The van der Waals surface area contributed by atoms with E-state index in [0.29, 0.717) is 17.7 Å². The number of nitrogens with zero attached hydrogens (tertiary/aromatic N) is 2. The van der Waals surface area contributed by atoms with Gasteiger partial charge in [-0.15, -0.1) is 0 Å². The lowest BCUT2D eigenvalue weighted by atomic mass is 9.96. The van der Waals surface area contributed by atoms with E-state index in [1.807, 2.05) is 0 Å². The van der Waals surface area contributed by atoms with E-state index in [0.717, 1.165) is 0 Å². The predicted molar refractivity (Wildman–Crippen MR) is 142 cm³/mol. The number of pyridine rings is 1. The molecule has 0 bridgehead atoms. The second-order valence-corrected chi connectivity index (χ2v) is 9.00. The largest absolute Gasteiger partial charge is 0.398 e. The number of rotatable bonds is 12. The molecule has 1 aromatic carbocycles. The number of carbonyl (C=O) groups is 1. The Hall–Kier alpha value is -3.69. The Morgan fingerprint density at radius 3 is 2.84 bits per heavy atom. The van der Waals surface area contributed by atoms with Crippen molar-refractivity contribution in [1.82, 2.24) is 10.3 Å². The first-order valence-corrected chi connectivity index (χ1v) is 12.1. The van der Waals surface area contributed by atoms with E-state index in [4.69, 9.17) is 27.5 Å². The van der Waals surface area contributed by atoms with Crippen LogP contribution in [-0.4, -0.2) is 43.0 Å². The minimum atomic E-state index is -1.06. The highest BCUT2D eigenvalue weighted by atomic mass is 35.5. The van der Waals surface area contributed by atoms with Crippen LogP contribution in [0.15, 0.2) is 83.3 Å². The van der Waals surface area contributed by atoms with E-state index in [-0.39, 0.29) is 53.0 Å². The second kappa shape index (κ2) is 13.6. The van der Waals surface area contributed by atoms with Crippen LogP contribution < -0.4 is 11.1 Å². The Morgan fingerprint density at radius 2 is 2.19 bits per heavy atom. The third-order valence-electron chi connectivity index (χ3n) is 5.86. The van der Waals surface area contributed by atoms with Crippen LogP contribution in [-0.2, 0) is 4.74 Å². The number of nitrogens with two attached hydrogens (primary N) is 1. The minimum absolute atomic E-state index is 0.0254. The molecule has 0 spiro atoms. The maximum atomic E-state index is 13.5. The van der Waals surface area contributed by atoms with Gasteiger partial charge in [-0.05, 0) is 48.4 Å². The lowest BCUT2D eigenvalue weighted by Crippen LogP contribution is -2.33. The molecule has 2 aromatic rings. The Morgan fingerprint density at radius 1 is 1.38 bits per heavy atom. The zero-order chi connectivity index (χ0) is 26.8. The van der Waals surface area contributed by atoms with Crippen LogP contribution in [0.25, 0.3) is 0 Å². The smallest absolute Gasteiger partial charge is 0.252 e.